The van der Waals surface area contributed by atoms with Crippen molar-refractivity contribution in [3.63, 3.8) is 0 Å². The van der Waals surface area contributed by atoms with E-state index in [9.17, 15) is 5.26 Å². The van der Waals surface area contributed by atoms with Gasteiger partial charge in [-0.05, 0) is 43.5 Å². The van der Waals surface area contributed by atoms with E-state index in [-0.39, 0.29) is 0 Å². The molecule has 1 aliphatic rings. The molecule has 4 rings (SSSR count). The summed E-state index contributed by atoms with van der Waals surface area (Å²) < 4.78 is 11.0. The highest BCUT2D eigenvalue weighted by atomic mass is 16.5. The van der Waals surface area contributed by atoms with Crippen molar-refractivity contribution < 1.29 is 9.47 Å². The number of methoxy groups -OCH3 is 2. The summed E-state index contributed by atoms with van der Waals surface area (Å²) in [6, 6.07) is 11.0. The van der Waals surface area contributed by atoms with E-state index in [4.69, 9.17) is 20.2 Å². The standard InChI is InChI=1S/C22H24N6O2/c1-29-19-11-17-18(12-20(19)30-2)26-22(27-21(17)28-6-4-3-5-7-28)25-16-9-14(13-23)8-15(24)10-16/h8-12H,3-7,24H2,1-2H3,(H,25,26,27). The lowest BCUT2D eigenvalue weighted by atomic mass is 10.1. The smallest absolute Gasteiger partial charge is 0.229 e. The van der Waals surface area contributed by atoms with E-state index in [0.717, 1.165) is 42.7 Å². The molecule has 2 heterocycles. The van der Waals surface area contributed by atoms with Crippen molar-refractivity contribution in [3.05, 3.63) is 35.9 Å². The first-order valence-electron chi connectivity index (χ1n) is 9.87. The molecule has 154 valence electrons. The lowest BCUT2D eigenvalue weighted by Crippen LogP contribution is -2.30. The van der Waals surface area contributed by atoms with E-state index in [0.29, 0.717) is 34.4 Å². The lowest BCUT2D eigenvalue weighted by molar-refractivity contribution is 0.356. The SMILES string of the molecule is COc1cc2nc(Nc3cc(N)cc(C#N)c3)nc(N3CCCCC3)c2cc1OC. The van der Waals surface area contributed by atoms with E-state index in [1.807, 2.05) is 12.1 Å². The van der Waals surface area contributed by atoms with E-state index in [2.05, 4.69) is 21.3 Å². The molecular formula is C22H24N6O2. The van der Waals surface area contributed by atoms with Gasteiger partial charge in [-0.15, -0.1) is 0 Å². The van der Waals surface area contributed by atoms with Gasteiger partial charge in [-0.25, -0.2) is 4.98 Å². The number of hydrogen-bond acceptors (Lipinski definition) is 8. The quantitative estimate of drug-likeness (QED) is 0.618. The van der Waals surface area contributed by atoms with Crippen molar-refractivity contribution in [1.29, 1.82) is 5.26 Å². The van der Waals surface area contributed by atoms with Gasteiger partial charge in [0.25, 0.3) is 0 Å². The van der Waals surface area contributed by atoms with Gasteiger partial charge in [0.15, 0.2) is 11.5 Å². The average molecular weight is 404 g/mol. The van der Waals surface area contributed by atoms with Crippen LogP contribution in [0.1, 0.15) is 24.8 Å². The average Bonchev–Trinajstić information content (AvgIpc) is 2.77. The zero-order chi connectivity index (χ0) is 21.1. The van der Waals surface area contributed by atoms with Crippen molar-refractivity contribution in [2.45, 2.75) is 19.3 Å². The minimum Gasteiger partial charge on any atom is -0.493 e. The van der Waals surface area contributed by atoms with Gasteiger partial charge in [0.1, 0.15) is 5.82 Å². The predicted molar refractivity (Wildman–Crippen MR) is 118 cm³/mol. The second-order valence-corrected chi connectivity index (χ2v) is 7.22. The van der Waals surface area contributed by atoms with Gasteiger partial charge >= 0.3 is 0 Å². The Morgan fingerprint density at radius 3 is 2.43 bits per heavy atom. The Hall–Kier alpha value is -3.73. The summed E-state index contributed by atoms with van der Waals surface area (Å²) in [5.41, 5.74) is 8.31. The van der Waals surface area contributed by atoms with Gasteiger partial charge in [-0.1, -0.05) is 0 Å². The lowest BCUT2D eigenvalue weighted by Gasteiger charge is -2.29. The van der Waals surface area contributed by atoms with E-state index < -0.39 is 0 Å². The molecule has 2 aromatic carbocycles. The van der Waals surface area contributed by atoms with Crippen molar-refractivity contribution in [1.82, 2.24) is 9.97 Å². The highest BCUT2D eigenvalue weighted by Crippen LogP contribution is 2.37. The second-order valence-electron chi connectivity index (χ2n) is 7.22. The first-order valence-corrected chi connectivity index (χ1v) is 9.87. The number of nitrogens with one attached hydrogen (secondary N) is 1. The molecule has 1 fully saturated rings. The van der Waals surface area contributed by atoms with Gasteiger partial charge in [-0.3, -0.25) is 0 Å². The molecule has 1 saturated heterocycles. The molecule has 0 radical (unpaired) electrons. The molecule has 0 atom stereocenters. The van der Waals surface area contributed by atoms with Crippen LogP contribution in [0.25, 0.3) is 10.9 Å². The van der Waals surface area contributed by atoms with E-state index in [1.54, 1.807) is 32.4 Å². The first-order chi connectivity index (χ1) is 14.6. The van der Waals surface area contributed by atoms with Crippen LogP contribution in [0.3, 0.4) is 0 Å². The number of rotatable bonds is 5. The third-order valence-corrected chi connectivity index (χ3v) is 5.18. The number of piperidine rings is 1. The highest BCUT2D eigenvalue weighted by molar-refractivity contribution is 5.93. The fraction of sp³-hybridized carbons (Fsp3) is 0.318. The maximum absolute atomic E-state index is 9.22. The Morgan fingerprint density at radius 1 is 1.00 bits per heavy atom. The Labute approximate surface area is 175 Å². The Morgan fingerprint density at radius 2 is 1.73 bits per heavy atom. The normalized spacial score (nSPS) is 13.7. The van der Waals surface area contributed by atoms with Crippen molar-refractivity contribution in [2.24, 2.45) is 0 Å². The van der Waals surface area contributed by atoms with Crippen LogP contribution in [0.2, 0.25) is 0 Å². The molecule has 0 bridgehead atoms. The number of nitrogens with zero attached hydrogens (tertiary/aromatic N) is 4. The number of hydrogen-bond donors (Lipinski definition) is 2. The van der Waals surface area contributed by atoms with Gasteiger partial charge in [-0.2, -0.15) is 10.2 Å². The van der Waals surface area contributed by atoms with E-state index in [1.165, 1.54) is 6.42 Å². The molecule has 30 heavy (non-hydrogen) atoms. The third-order valence-electron chi connectivity index (χ3n) is 5.18. The maximum atomic E-state index is 9.22. The van der Waals surface area contributed by atoms with Crippen molar-refractivity contribution in [3.8, 4) is 17.6 Å². The van der Waals surface area contributed by atoms with Gasteiger partial charge in [0.2, 0.25) is 5.95 Å². The number of ether oxygens (including phenoxy) is 2. The molecule has 3 aromatic rings. The van der Waals surface area contributed by atoms with Crippen LogP contribution >= 0.6 is 0 Å². The number of anilines is 4. The largest absolute Gasteiger partial charge is 0.493 e. The molecule has 0 amide bonds. The summed E-state index contributed by atoms with van der Waals surface area (Å²) in [4.78, 5) is 11.8. The summed E-state index contributed by atoms with van der Waals surface area (Å²) in [6.07, 6.45) is 3.48. The summed E-state index contributed by atoms with van der Waals surface area (Å²) in [6.45, 7) is 1.88. The Bertz CT molecular complexity index is 1120. The van der Waals surface area contributed by atoms with Crippen LogP contribution in [0.15, 0.2) is 30.3 Å². The molecule has 0 aliphatic carbocycles. The van der Waals surface area contributed by atoms with Crippen molar-refractivity contribution >= 4 is 34.0 Å². The highest BCUT2D eigenvalue weighted by Gasteiger charge is 2.19. The summed E-state index contributed by atoms with van der Waals surface area (Å²) in [5.74, 6) is 2.54. The zero-order valence-electron chi connectivity index (χ0n) is 17.1. The molecule has 0 unspecified atom stereocenters. The number of aromatic nitrogens is 2. The number of benzene rings is 2. The molecule has 8 heteroatoms. The Balaban J connectivity index is 1.84. The molecule has 0 spiro atoms. The molecule has 1 aliphatic heterocycles. The number of nitrogen functional groups attached to an aromatic ring is 1. The fourth-order valence-corrected chi connectivity index (χ4v) is 3.76. The minimum atomic E-state index is 0.435. The summed E-state index contributed by atoms with van der Waals surface area (Å²) >= 11 is 0. The number of nitriles is 1. The molecule has 0 saturated carbocycles. The Kier molecular flexibility index (Phi) is 5.44. The van der Waals surface area contributed by atoms with Crippen LogP contribution in [-0.2, 0) is 0 Å². The molecule has 8 nitrogen and oxygen atoms in total. The van der Waals surface area contributed by atoms with Crippen LogP contribution in [0, 0.1) is 11.3 Å². The molecule has 1 aromatic heterocycles. The van der Waals surface area contributed by atoms with Crippen LogP contribution in [0.5, 0.6) is 11.5 Å². The van der Waals surface area contributed by atoms with Gasteiger partial charge < -0.3 is 25.4 Å². The summed E-state index contributed by atoms with van der Waals surface area (Å²) in [5, 5.41) is 13.3. The van der Waals surface area contributed by atoms with Crippen LogP contribution in [0.4, 0.5) is 23.1 Å². The maximum Gasteiger partial charge on any atom is 0.229 e. The van der Waals surface area contributed by atoms with Crippen molar-refractivity contribution in [2.75, 3.05) is 43.3 Å². The predicted octanol–water partition coefficient (Wildman–Crippen LogP) is 3.83. The monoisotopic (exact) mass is 404 g/mol. The van der Waals surface area contributed by atoms with Crippen LogP contribution in [-0.4, -0.2) is 37.3 Å². The zero-order valence-corrected chi connectivity index (χ0v) is 17.1. The second kappa shape index (κ2) is 8.33. The van der Waals surface area contributed by atoms with E-state index >= 15 is 0 Å². The topological polar surface area (TPSA) is 109 Å². The fourth-order valence-electron chi connectivity index (χ4n) is 3.76. The summed E-state index contributed by atoms with van der Waals surface area (Å²) in [7, 11) is 3.22. The van der Waals surface area contributed by atoms with Gasteiger partial charge in [0, 0.05) is 35.9 Å². The number of fused-ring (bicyclic) bond motifs is 1. The molecular weight excluding hydrogens is 380 g/mol. The number of nitrogens with two attached hydrogens (primary N) is 1. The van der Waals surface area contributed by atoms with Gasteiger partial charge in [0.05, 0.1) is 31.4 Å². The first kappa shape index (κ1) is 19.6. The van der Waals surface area contributed by atoms with Crippen LogP contribution < -0.4 is 25.4 Å². The minimum absolute atomic E-state index is 0.435. The third kappa shape index (κ3) is 3.87. The molecule has 3 N–H and O–H groups in total.